The molecule has 0 radical (unpaired) electrons. The van der Waals surface area contributed by atoms with Gasteiger partial charge < -0.3 is 5.11 Å². The van der Waals surface area contributed by atoms with Crippen molar-refractivity contribution in [1.29, 1.82) is 0 Å². The van der Waals surface area contributed by atoms with Gasteiger partial charge in [0.25, 0.3) is 0 Å². The van der Waals surface area contributed by atoms with Crippen molar-refractivity contribution >= 4 is 16.8 Å². The van der Waals surface area contributed by atoms with Crippen LogP contribution in [0.5, 0.6) is 0 Å². The second kappa shape index (κ2) is 4.18. The van der Waals surface area contributed by atoms with Crippen molar-refractivity contribution in [3.8, 4) is 0 Å². The molecule has 1 heterocycles. The Hall–Kier alpha value is -1.17. The largest absolute Gasteiger partial charge is 0.481 e. The molecule has 5 nitrogen and oxygen atoms in total. The molecule has 0 bridgehead atoms. The Bertz CT molecular complexity index is 334. The molecule has 0 amide bonds. The van der Waals surface area contributed by atoms with Gasteiger partial charge in [-0.2, -0.15) is 5.10 Å². The highest BCUT2D eigenvalue weighted by molar-refractivity contribution is 7.84. The van der Waals surface area contributed by atoms with Crippen LogP contribution in [0.2, 0.25) is 0 Å². The maximum atomic E-state index is 11.1. The van der Waals surface area contributed by atoms with Crippen molar-refractivity contribution < 1.29 is 14.1 Å². The van der Waals surface area contributed by atoms with E-state index in [1.807, 2.05) is 0 Å². The molecule has 1 aromatic heterocycles. The molecular weight excluding hydrogens is 192 g/mol. The third-order valence-corrected chi connectivity index (χ3v) is 2.59. The van der Waals surface area contributed by atoms with Crippen LogP contribution >= 0.6 is 0 Å². The Labute approximate surface area is 77.8 Å². The summed E-state index contributed by atoms with van der Waals surface area (Å²) in [7, 11) is 0.413. The summed E-state index contributed by atoms with van der Waals surface area (Å²) in [6.07, 6.45) is 3.31. The molecule has 1 rings (SSSR count). The van der Waals surface area contributed by atoms with E-state index >= 15 is 0 Å². The summed E-state index contributed by atoms with van der Waals surface area (Å²) >= 11 is 0. The molecule has 13 heavy (non-hydrogen) atoms. The second-order valence-electron chi connectivity index (χ2n) is 2.64. The fraction of sp³-hybridized carbons (Fsp3) is 0.429. The van der Waals surface area contributed by atoms with Crippen molar-refractivity contribution in [2.45, 2.75) is 5.75 Å². The fourth-order valence-electron chi connectivity index (χ4n) is 0.921. The molecule has 0 saturated heterocycles. The molecule has 0 aromatic carbocycles. The SMILES string of the molecule is Cn1cc(CS(=O)CC(=O)O)cn1. The van der Waals surface area contributed by atoms with Crippen LogP contribution < -0.4 is 0 Å². The number of nitrogens with zero attached hydrogens (tertiary/aromatic N) is 2. The first-order chi connectivity index (χ1) is 6.08. The molecule has 1 atom stereocenters. The van der Waals surface area contributed by atoms with Crippen molar-refractivity contribution in [2.75, 3.05) is 5.75 Å². The average molecular weight is 202 g/mol. The van der Waals surface area contributed by atoms with Crippen LogP contribution in [0, 0.1) is 0 Å². The van der Waals surface area contributed by atoms with E-state index in [1.165, 1.54) is 0 Å². The number of aryl methyl sites for hydroxylation is 1. The van der Waals surface area contributed by atoms with Gasteiger partial charge in [-0.15, -0.1) is 0 Å². The summed E-state index contributed by atoms with van der Waals surface area (Å²) in [6.45, 7) is 0. The summed E-state index contributed by atoms with van der Waals surface area (Å²) in [5.41, 5.74) is 0.794. The third kappa shape index (κ3) is 3.37. The predicted molar refractivity (Wildman–Crippen MR) is 47.6 cm³/mol. The van der Waals surface area contributed by atoms with Crippen LogP contribution in [0.15, 0.2) is 12.4 Å². The lowest BCUT2D eigenvalue weighted by molar-refractivity contribution is -0.133. The molecule has 1 unspecified atom stereocenters. The first-order valence-corrected chi connectivity index (χ1v) is 5.11. The summed E-state index contributed by atoms with van der Waals surface area (Å²) in [4.78, 5) is 10.2. The Morgan fingerprint density at radius 1 is 1.77 bits per heavy atom. The highest BCUT2D eigenvalue weighted by Crippen LogP contribution is 2.01. The van der Waals surface area contributed by atoms with Crippen molar-refractivity contribution in [2.24, 2.45) is 7.05 Å². The Balaban J connectivity index is 2.50. The Morgan fingerprint density at radius 2 is 2.46 bits per heavy atom. The van der Waals surface area contributed by atoms with Gasteiger partial charge in [-0.25, -0.2) is 0 Å². The van der Waals surface area contributed by atoms with Gasteiger partial charge in [0.1, 0.15) is 5.75 Å². The van der Waals surface area contributed by atoms with Crippen molar-refractivity contribution in [3.63, 3.8) is 0 Å². The zero-order chi connectivity index (χ0) is 9.84. The van der Waals surface area contributed by atoms with E-state index in [0.717, 1.165) is 5.56 Å². The summed E-state index contributed by atoms with van der Waals surface area (Å²) in [5, 5.41) is 12.2. The number of hydrogen-bond donors (Lipinski definition) is 1. The van der Waals surface area contributed by atoms with E-state index in [4.69, 9.17) is 5.11 Å². The maximum Gasteiger partial charge on any atom is 0.316 e. The molecule has 0 saturated carbocycles. The minimum atomic E-state index is -1.34. The first kappa shape index (κ1) is 9.91. The van der Waals surface area contributed by atoms with Gasteiger partial charge in [-0.3, -0.25) is 13.7 Å². The van der Waals surface area contributed by atoms with E-state index in [-0.39, 0.29) is 11.5 Å². The predicted octanol–water partition coefficient (Wildman–Crippen LogP) is -0.247. The standard InChI is InChI=1S/C7H10N2O3S/c1-9-3-6(2-8-9)4-13(12)5-7(10)11/h2-3H,4-5H2,1H3,(H,10,11). The smallest absolute Gasteiger partial charge is 0.316 e. The first-order valence-electron chi connectivity index (χ1n) is 3.62. The molecular formula is C7H10N2O3S. The lowest BCUT2D eigenvalue weighted by Crippen LogP contribution is -2.10. The van der Waals surface area contributed by atoms with E-state index in [2.05, 4.69) is 5.10 Å². The van der Waals surface area contributed by atoms with E-state index in [0.29, 0.717) is 0 Å². The average Bonchev–Trinajstić information content (AvgIpc) is 2.33. The summed E-state index contributed by atoms with van der Waals surface area (Å²) < 4.78 is 12.7. The Kier molecular flexibility index (Phi) is 3.18. The van der Waals surface area contributed by atoms with Crippen LogP contribution in [0.4, 0.5) is 0 Å². The lowest BCUT2D eigenvalue weighted by Gasteiger charge is -1.94. The van der Waals surface area contributed by atoms with Crippen LogP contribution in [0.25, 0.3) is 0 Å². The molecule has 0 aliphatic heterocycles. The molecule has 72 valence electrons. The van der Waals surface area contributed by atoms with Gasteiger partial charge in [-0.1, -0.05) is 0 Å². The van der Waals surface area contributed by atoms with Crippen molar-refractivity contribution in [1.82, 2.24) is 9.78 Å². The van der Waals surface area contributed by atoms with Gasteiger partial charge >= 0.3 is 5.97 Å². The monoisotopic (exact) mass is 202 g/mol. The maximum absolute atomic E-state index is 11.1. The zero-order valence-corrected chi connectivity index (χ0v) is 7.95. The highest BCUT2D eigenvalue weighted by atomic mass is 32.2. The van der Waals surface area contributed by atoms with E-state index in [9.17, 15) is 9.00 Å². The Morgan fingerprint density at radius 3 is 2.92 bits per heavy atom. The van der Waals surface area contributed by atoms with Gasteiger partial charge in [0, 0.05) is 29.6 Å². The normalized spacial score (nSPS) is 12.7. The van der Waals surface area contributed by atoms with Gasteiger partial charge in [-0.05, 0) is 0 Å². The zero-order valence-electron chi connectivity index (χ0n) is 7.14. The number of aliphatic carboxylic acids is 1. The van der Waals surface area contributed by atoms with E-state index < -0.39 is 16.8 Å². The highest BCUT2D eigenvalue weighted by Gasteiger charge is 2.07. The third-order valence-electron chi connectivity index (χ3n) is 1.37. The molecule has 0 fully saturated rings. The molecule has 1 aromatic rings. The minimum absolute atomic E-state index is 0.250. The number of carboxylic acids is 1. The van der Waals surface area contributed by atoms with E-state index in [1.54, 1.807) is 24.1 Å². The van der Waals surface area contributed by atoms with Gasteiger partial charge in [0.15, 0.2) is 0 Å². The number of carbonyl (C=O) groups is 1. The van der Waals surface area contributed by atoms with Crippen LogP contribution in [-0.2, 0) is 28.4 Å². The topological polar surface area (TPSA) is 72.2 Å². The minimum Gasteiger partial charge on any atom is -0.481 e. The molecule has 0 aliphatic carbocycles. The van der Waals surface area contributed by atoms with Crippen LogP contribution in [0.1, 0.15) is 5.56 Å². The summed E-state index contributed by atoms with van der Waals surface area (Å²) in [5.74, 6) is -1.10. The van der Waals surface area contributed by atoms with Gasteiger partial charge in [0.2, 0.25) is 0 Å². The molecule has 6 heteroatoms. The lowest BCUT2D eigenvalue weighted by atomic mass is 10.4. The number of hydrogen-bond acceptors (Lipinski definition) is 3. The number of carboxylic acid groups (broad SMARTS) is 1. The van der Waals surface area contributed by atoms with Crippen molar-refractivity contribution in [3.05, 3.63) is 18.0 Å². The van der Waals surface area contributed by atoms with Crippen LogP contribution in [0.3, 0.4) is 0 Å². The second-order valence-corrected chi connectivity index (χ2v) is 4.10. The van der Waals surface area contributed by atoms with Gasteiger partial charge in [0.05, 0.1) is 11.9 Å². The molecule has 1 N–H and O–H groups in total. The molecule has 0 spiro atoms. The molecule has 0 aliphatic rings. The fourth-order valence-corrected chi connectivity index (χ4v) is 1.82. The summed E-state index contributed by atoms with van der Waals surface area (Å²) in [6, 6.07) is 0. The van der Waals surface area contributed by atoms with Crippen LogP contribution in [-0.4, -0.2) is 30.8 Å². The quantitative estimate of drug-likeness (QED) is 0.731. The number of aromatic nitrogens is 2. The number of rotatable bonds is 4.